The van der Waals surface area contributed by atoms with Crippen molar-refractivity contribution in [2.75, 3.05) is 0 Å². The van der Waals surface area contributed by atoms with Crippen molar-refractivity contribution in [3.63, 3.8) is 0 Å². The van der Waals surface area contributed by atoms with E-state index < -0.39 is 12.2 Å². The molecule has 2 rings (SSSR count). The lowest BCUT2D eigenvalue weighted by atomic mass is 9.82. The first kappa shape index (κ1) is 13.6. The lowest BCUT2D eigenvalue weighted by molar-refractivity contribution is -0.0270. The minimum absolute atomic E-state index is 0.267. The number of aromatic nitrogens is 2. The molecule has 1 heterocycles. The molecule has 2 atom stereocenters. The molecule has 1 aliphatic carbocycles. The Morgan fingerprint density at radius 2 is 2.00 bits per heavy atom. The Morgan fingerprint density at radius 3 is 2.56 bits per heavy atom. The van der Waals surface area contributed by atoms with Crippen LogP contribution < -0.4 is 0 Å². The summed E-state index contributed by atoms with van der Waals surface area (Å²) >= 11 is 0. The van der Waals surface area contributed by atoms with Gasteiger partial charge in [0.05, 0.1) is 17.9 Å². The second kappa shape index (κ2) is 5.85. The summed E-state index contributed by atoms with van der Waals surface area (Å²) in [4.78, 5) is 0. The average molecular weight is 252 g/mol. The molecular weight excluding hydrogens is 228 g/mol. The van der Waals surface area contributed by atoms with Gasteiger partial charge in [-0.05, 0) is 31.7 Å². The molecule has 1 aromatic rings. The third kappa shape index (κ3) is 3.12. The monoisotopic (exact) mass is 252 g/mol. The second-order valence-electron chi connectivity index (χ2n) is 5.56. The van der Waals surface area contributed by atoms with Gasteiger partial charge in [-0.25, -0.2) is 0 Å². The molecule has 0 aromatic carbocycles. The molecule has 0 aliphatic heterocycles. The fourth-order valence-corrected chi connectivity index (χ4v) is 2.98. The summed E-state index contributed by atoms with van der Waals surface area (Å²) in [6.07, 6.45) is 4.92. The Hall–Kier alpha value is -0.870. The number of rotatable bonds is 4. The predicted molar refractivity (Wildman–Crippen MR) is 70.2 cm³/mol. The van der Waals surface area contributed by atoms with Gasteiger partial charge in [-0.3, -0.25) is 4.68 Å². The molecule has 0 saturated heterocycles. The van der Waals surface area contributed by atoms with Gasteiger partial charge in [0.25, 0.3) is 0 Å². The zero-order valence-corrected chi connectivity index (χ0v) is 11.3. The van der Waals surface area contributed by atoms with Crippen LogP contribution in [0.1, 0.15) is 43.5 Å². The van der Waals surface area contributed by atoms with E-state index in [-0.39, 0.29) is 5.92 Å². The Kier molecular flexibility index (Phi) is 4.40. The summed E-state index contributed by atoms with van der Waals surface area (Å²) in [6.45, 7) is 1.94. The quantitative estimate of drug-likeness (QED) is 0.855. The highest BCUT2D eigenvalue weighted by Crippen LogP contribution is 2.28. The molecule has 102 valence electrons. The number of aliphatic hydroxyl groups is 2. The van der Waals surface area contributed by atoms with E-state index in [1.807, 2.05) is 20.0 Å². The van der Waals surface area contributed by atoms with Gasteiger partial charge in [0.15, 0.2) is 0 Å². The normalized spacial score (nSPS) is 20.9. The maximum absolute atomic E-state index is 10.2. The molecular formula is C14H24N2O2. The first-order valence-electron chi connectivity index (χ1n) is 6.93. The number of aryl methyl sites for hydroxylation is 2. The highest BCUT2D eigenvalue weighted by molar-refractivity contribution is 5.10. The van der Waals surface area contributed by atoms with Crippen molar-refractivity contribution in [2.24, 2.45) is 13.0 Å². The van der Waals surface area contributed by atoms with E-state index in [4.69, 9.17) is 0 Å². The molecule has 1 fully saturated rings. The van der Waals surface area contributed by atoms with Crippen molar-refractivity contribution < 1.29 is 10.2 Å². The average Bonchev–Trinajstić information content (AvgIpc) is 2.68. The molecule has 0 bridgehead atoms. The number of hydrogen-bond donors (Lipinski definition) is 2. The molecule has 4 nitrogen and oxygen atoms in total. The van der Waals surface area contributed by atoms with E-state index in [0.29, 0.717) is 6.42 Å². The van der Waals surface area contributed by atoms with Crippen LogP contribution in [0.4, 0.5) is 0 Å². The van der Waals surface area contributed by atoms with Gasteiger partial charge in [-0.1, -0.05) is 19.3 Å². The topological polar surface area (TPSA) is 58.3 Å². The van der Waals surface area contributed by atoms with Gasteiger partial charge in [-0.15, -0.1) is 0 Å². The number of aliphatic hydroxyl groups excluding tert-OH is 2. The fraction of sp³-hybridized carbons (Fsp3) is 0.786. The van der Waals surface area contributed by atoms with E-state index in [2.05, 4.69) is 5.10 Å². The summed E-state index contributed by atoms with van der Waals surface area (Å²) in [5.41, 5.74) is 1.93. The maximum atomic E-state index is 10.2. The minimum Gasteiger partial charge on any atom is -0.390 e. The first-order chi connectivity index (χ1) is 8.58. The Morgan fingerprint density at radius 1 is 1.33 bits per heavy atom. The predicted octanol–water partition coefficient (Wildman–Crippen LogP) is 1.57. The van der Waals surface area contributed by atoms with E-state index >= 15 is 0 Å². The van der Waals surface area contributed by atoms with Gasteiger partial charge >= 0.3 is 0 Å². The highest BCUT2D eigenvalue weighted by Gasteiger charge is 2.28. The van der Waals surface area contributed by atoms with Crippen molar-refractivity contribution in [1.82, 2.24) is 9.78 Å². The third-order valence-corrected chi connectivity index (χ3v) is 4.04. The molecule has 1 saturated carbocycles. The van der Waals surface area contributed by atoms with Crippen LogP contribution in [0, 0.1) is 12.8 Å². The van der Waals surface area contributed by atoms with Crippen LogP contribution >= 0.6 is 0 Å². The van der Waals surface area contributed by atoms with Gasteiger partial charge in [0.2, 0.25) is 0 Å². The molecule has 4 heteroatoms. The van der Waals surface area contributed by atoms with Crippen LogP contribution in [0.25, 0.3) is 0 Å². The summed E-state index contributed by atoms with van der Waals surface area (Å²) < 4.78 is 1.78. The van der Waals surface area contributed by atoms with Crippen LogP contribution in [0.15, 0.2) is 6.07 Å². The molecule has 1 aromatic heterocycles. The van der Waals surface area contributed by atoms with Crippen molar-refractivity contribution in [3.05, 3.63) is 17.5 Å². The van der Waals surface area contributed by atoms with Crippen molar-refractivity contribution >= 4 is 0 Å². The lowest BCUT2D eigenvalue weighted by Crippen LogP contribution is -2.36. The summed E-state index contributed by atoms with van der Waals surface area (Å²) in [5, 5.41) is 24.6. The van der Waals surface area contributed by atoms with E-state index in [0.717, 1.165) is 24.2 Å². The smallest absolute Gasteiger partial charge is 0.0856 e. The number of hydrogen-bond acceptors (Lipinski definition) is 3. The Bertz CT molecular complexity index is 383. The minimum atomic E-state index is -0.678. The van der Waals surface area contributed by atoms with Crippen LogP contribution in [-0.2, 0) is 13.5 Å². The Labute approximate surface area is 109 Å². The van der Waals surface area contributed by atoms with Gasteiger partial charge in [0.1, 0.15) is 0 Å². The first-order valence-corrected chi connectivity index (χ1v) is 6.93. The van der Waals surface area contributed by atoms with E-state index in [9.17, 15) is 10.2 Å². The van der Waals surface area contributed by atoms with Crippen LogP contribution in [-0.4, -0.2) is 32.2 Å². The molecule has 0 amide bonds. The summed E-state index contributed by atoms with van der Waals surface area (Å²) in [7, 11) is 1.88. The molecule has 0 spiro atoms. The largest absolute Gasteiger partial charge is 0.390 e. The molecule has 18 heavy (non-hydrogen) atoms. The van der Waals surface area contributed by atoms with E-state index in [1.54, 1.807) is 4.68 Å². The molecule has 2 N–H and O–H groups in total. The van der Waals surface area contributed by atoms with Crippen LogP contribution in [0.3, 0.4) is 0 Å². The Balaban J connectivity index is 1.94. The van der Waals surface area contributed by atoms with E-state index in [1.165, 1.54) is 19.3 Å². The summed E-state index contributed by atoms with van der Waals surface area (Å²) in [5.74, 6) is 0.267. The zero-order valence-electron chi connectivity index (χ0n) is 11.3. The maximum Gasteiger partial charge on any atom is 0.0856 e. The van der Waals surface area contributed by atoms with Crippen molar-refractivity contribution in [1.29, 1.82) is 0 Å². The standard InChI is InChI=1S/C14H24N2O2/c1-10-8-12(16(2)15-10)9-13(17)14(18)11-6-4-3-5-7-11/h8,11,13-14,17-18H,3-7,9H2,1-2H3. The highest BCUT2D eigenvalue weighted by atomic mass is 16.3. The molecule has 1 aliphatic rings. The fourth-order valence-electron chi connectivity index (χ4n) is 2.98. The van der Waals surface area contributed by atoms with Crippen LogP contribution in [0.5, 0.6) is 0 Å². The SMILES string of the molecule is Cc1cc(CC(O)C(O)C2CCCCC2)n(C)n1. The molecule has 0 radical (unpaired) electrons. The third-order valence-electron chi connectivity index (χ3n) is 4.04. The van der Waals surface area contributed by atoms with Gasteiger partial charge < -0.3 is 10.2 Å². The molecule has 2 unspecified atom stereocenters. The van der Waals surface area contributed by atoms with Crippen molar-refractivity contribution in [2.45, 2.75) is 57.7 Å². The summed E-state index contributed by atoms with van der Waals surface area (Å²) in [6, 6.07) is 1.97. The van der Waals surface area contributed by atoms with Crippen LogP contribution in [0.2, 0.25) is 0 Å². The number of nitrogens with zero attached hydrogens (tertiary/aromatic N) is 2. The lowest BCUT2D eigenvalue weighted by Gasteiger charge is -2.29. The van der Waals surface area contributed by atoms with Crippen molar-refractivity contribution in [3.8, 4) is 0 Å². The zero-order chi connectivity index (χ0) is 13.1. The second-order valence-corrected chi connectivity index (χ2v) is 5.56. The van der Waals surface area contributed by atoms with Gasteiger partial charge in [0, 0.05) is 19.2 Å². The van der Waals surface area contributed by atoms with Gasteiger partial charge in [-0.2, -0.15) is 5.10 Å².